The SMILES string of the molecule is COC(=O)C1=c2cn[nH]c2=CCC1. The minimum absolute atomic E-state index is 0.254. The predicted molar refractivity (Wildman–Crippen MR) is 47.0 cm³/mol. The quantitative estimate of drug-likeness (QED) is 0.579. The Morgan fingerprint density at radius 3 is 3.31 bits per heavy atom. The van der Waals surface area contributed by atoms with Crippen LogP contribution in [0.3, 0.4) is 0 Å². The predicted octanol–water partition coefficient (Wildman–Crippen LogP) is -0.692. The van der Waals surface area contributed by atoms with E-state index in [0.717, 1.165) is 23.4 Å². The summed E-state index contributed by atoms with van der Waals surface area (Å²) >= 11 is 0. The summed E-state index contributed by atoms with van der Waals surface area (Å²) in [5, 5.41) is 8.51. The highest BCUT2D eigenvalue weighted by Crippen LogP contribution is 2.08. The van der Waals surface area contributed by atoms with Gasteiger partial charge in [-0.1, -0.05) is 6.08 Å². The zero-order chi connectivity index (χ0) is 9.26. The monoisotopic (exact) mass is 178 g/mol. The molecule has 0 aliphatic heterocycles. The van der Waals surface area contributed by atoms with Crippen LogP contribution >= 0.6 is 0 Å². The fraction of sp³-hybridized carbons (Fsp3) is 0.333. The number of H-pyrrole nitrogens is 1. The van der Waals surface area contributed by atoms with Gasteiger partial charge in [-0.25, -0.2) is 4.79 Å². The lowest BCUT2D eigenvalue weighted by atomic mass is 10.0. The Labute approximate surface area is 74.9 Å². The summed E-state index contributed by atoms with van der Waals surface area (Å²) in [7, 11) is 1.40. The standard InChI is InChI=1S/C9H10N2O2/c1-13-9(12)6-3-2-4-8-7(6)5-10-11-8/h4-5,11H,2-3H2,1H3. The molecular weight excluding hydrogens is 168 g/mol. The van der Waals surface area contributed by atoms with Crippen LogP contribution in [0.4, 0.5) is 0 Å². The molecule has 1 N–H and O–H groups in total. The van der Waals surface area contributed by atoms with Crippen LogP contribution in [0.2, 0.25) is 0 Å². The maximum atomic E-state index is 11.3. The maximum Gasteiger partial charge on any atom is 0.334 e. The number of fused-ring (bicyclic) bond motifs is 1. The van der Waals surface area contributed by atoms with Gasteiger partial charge in [-0.05, 0) is 12.8 Å². The van der Waals surface area contributed by atoms with E-state index in [2.05, 4.69) is 14.9 Å². The smallest absolute Gasteiger partial charge is 0.334 e. The van der Waals surface area contributed by atoms with Crippen molar-refractivity contribution in [1.29, 1.82) is 0 Å². The Morgan fingerprint density at radius 1 is 1.69 bits per heavy atom. The van der Waals surface area contributed by atoms with Crippen molar-refractivity contribution in [2.45, 2.75) is 12.8 Å². The Morgan fingerprint density at radius 2 is 2.54 bits per heavy atom. The minimum atomic E-state index is -0.254. The Bertz CT molecular complexity index is 444. The second-order valence-electron chi connectivity index (χ2n) is 2.91. The van der Waals surface area contributed by atoms with Crippen LogP contribution in [0.25, 0.3) is 11.6 Å². The van der Waals surface area contributed by atoms with Gasteiger partial charge < -0.3 is 4.74 Å². The topological polar surface area (TPSA) is 55.0 Å². The molecule has 0 atom stereocenters. The minimum Gasteiger partial charge on any atom is -0.466 e. The second-order valence-corrected chi connectivity index (χ2v) is 2.91. The first-order valence-electron chi connectivity index (χ1n) is 4.14. The molecule has 2 rings (SSSR count). The summed E-state index contributed by atoms with van der Waals surface area (Å²) in [6, 6.07) is 0. The number of carbonyl (C=O) groups is 1. The third kappa shape index (κ3) is 1.24. The normalized spacial score (nSPS) is 14.7. The van der Waals surface area contributed by atoms with Gasteiger partial charge in [0.1, 0.15) is 0 Å². The molecule has 0 bridgehead atoms. The van der Waals surface area contributed by atoms with Crippen molar-refractivity contribution in [3.63, 3.8) is 0 Å². The Hall–Kier alpha value is -1.58. The van der Waals surface area contributed by atoms with E-state index in [9.17, 15) is 4.79 Å². The highest BCUT2D eigenvalue weighted by molar-refractivity contribution is 6.09. The molecular formula is C9H10N2O2. The van der Waals surface area contributed by atoms with Crippen LogP contribution < -0.4 is 10.6 Å². The van der Waals surface area contributed by atoms with Gasteiger partial charge in [-0.3, -0.25) is 5.10 Å². The van der Waals surface area contributed by atoms with Crippen LogP contribution in [0, 0.1) is 0 Å². The zero-order valence-corrected chi connectivity index (χ0v) is 7.33. The maximum absolute atomic E-state index is 11.3. The first-order valence-corrected chi connectivity index (χ1v) is 4.14. The lowest BCUT2D eigenvalue weighted by molar-refractivity contribution is -0.134. The second kappa shape index (κ2) is 3.05. The average Bonchev–Trinajstić information content (AvgIpc) is 2.63. The number of hydrogen-bond acceptors (Lipinski definition) is 3. The molecule has 0 unspecified atom stereocenters. The van der Waals surface area contributed by atoms with E-state index >= 15 is 0 Å². The molecule has 68 valence electrons. The number of esters is 1. The number of nitrogens with zero attached hydrogens (tertiary/aromatic N) is 1. The molecule has 0 saturated carbocycles. The van der Waals surface area contributed by atoms with E-state index in [1.807, 2.05) is 6.08 Å². The van der Waals surface area contributed by atoms with E-state index in [1.165, 1.54) is 7.11 Å². The first-order chi connectivity index (χ1) is 6.33. The van der Waals surface area contributed by atoms with Crippen LogP contribution in [0.15, 0.2) is 6.20 Å². The summed E-state index contributed by atoms with van der Waals surface area (Å²) in [5.41, 5.74) is 0.716. The molecule has 0 amide bonds. The summed E-state index contributed by atoms with van der Waals surface area (Å²) in [6.45, 7) is 0. The van der Waals surface area contributed by atoms with Crippen molar-refractivity contribution in [3.05, 3.63) is 16.8 Å². The lowest BCUT2D eigenvalue weighted by Crippen LogP contribution is -2.30. The molecule has 4 heteroatoms. The van der Waals surface area contributed by atoms with E-state index in [4.69, 9.17) is 0 Å². The van der Waals surface area contributed by atoms with Gasteiger partial charge in [-0.15, -0.1) is 0 Å². The Balaban J connectivity index is 2.67. The molecule has 1 aliphatic rings. The molecule has 1 aliphatic carbocycles. The van der Waals surface area contributed by atoms with Gasteiger partial charge >= 0.3 is 5.97 Å². The molecule has 0 spiro atoms. The highest BCUT2D eigenvalue weighted by Gasteiger charge is 2.13. The van der Waals surface area contributed by atoms with Crippen molar-refractivity contribution in [3.8, 4) is 0 Å². The van der Waals surface area contributed by atoms with Gasteiger partial charge in [0, 0.05) is 10.8 Å². The van der Waals surface area contributed by atoms with E-state index in [0.29, 0.717) is 5.57 Å². The van der Waals surface area contributed by atoms with Gasteiger partial charge in [0.15, 0.2) is 0 Å². The third-order valence-corrected chi connectivity index (χ3v) is 2.17. The summed E-state index contributed by atoms with van der Waals surface area (Å²) < 4.78 is 4.68. The van der Waals surface area contributed by atoms with Gasteiger partial charge in [0.05, 0.1) is 18.7 Å². The zero-order valence-electron chi connectivity index (χ0n) is 7.33. The van der Waals surface area contributed by atoms with Crippen molar-refractivity contribution < 1.29 is 9.53 Å². The summed E-state index contributed by atoms with van der Waals surface area (Å²) in [6.07, 6.45) is 5.30. The van der Waals surface area contributed by atoms with Gasteiger partial charge in [0.25, 0.3) is 0 Å². The Kier molecular flexibility index (Phi) is 1.88. The average molecular weight is 178 g/mol. The largest absolute Gasteiger partial charge is 0.466 e. The van der Waals surface area contributed by atoms with E-state index in [-0.39, 0.29) is 5.97 Å². The first kappa shape index (κ1) is 8.04. The lowest BCUT2D eigenvalue weighted by Gasteiger charge is -2.05. The number of ether oxygens (including phenoxy) is 1. The van der Waals surface area contributed by atoms with Crippen molar-refractivity contribution >= 4 is 17.6 Å². The van der Waals surface area contributed by atoms with Crippen molar-refractivity contribution in [1.82, 2.24) is 10.2 Å². The fourth-order valence-electron chi connectivity index (χ4n) is 1.52. The number of rotatable bonds is 1. The molecule has 13 heavy (non-hydrogen) atoms. The van der Waals surface area contributed by atoms with Crippen LogP contribution in [0.1, 0.15) is 12.8 Å². The molecule has 0 saturated heterocycles. The number of aromatic amines is 1. The molecule has 4 nitrogen and oxygen atoms in total. The number of aromatic nitrogens is 2. The van der Waals surface area contributed by atoms with Crippen LogP contribution in [0.5, 0.6) is 0 Å². The number of carbonyl (C=O) groups excluding carboxylic acids is 1. The fourth-order valence-corrected chi connectivity index (χ4v) is 1.52. The highest BCUT2D eigenvalue weighted by atomic mass is 16.5. The molecule has 0 radical (unpaired) electrons. The van der Waals surface area contributed by atoms with Gasteiger partial charge in [0.2, 0.25) is 0 Å². The molecule has 1 aromatic rings. The van der Waals surface area contributed by atoms with Gasteiger partial charge in [-0.2, -0.15) is 5.10 Å². The molecule has 0 aromatic carbocycles. The third-order valence-electron chi connectivity index (χ3n) is 2.17. The number of hydrogen-bond donors (Lipinski definition) is 1. The van der Waals surface area contributed by atoms with Crippen molar-refractivity contribution in [2.75, 3.05) is 7.11 Å². The van der Waals surface area contributed by atoms with E-state index in [1.54, 1.807) is 6.20 Å². The van der Waals surface area contributed by atoms with Crippen LogP contribution in [-0.2, 0) is 9.53 Å². The van der Waals surface area contributed by atoms with Crippen molar-refractivity contribution in [2.24, 2.45) is 0 Å². The molecule has 0 fully saturated rings. The number of methoxy groups -OCH3 is 1. The summed E-state index contributed by atoms with van der Waals surface area (Å²) in [5.74, 6) is -0.254. The molecule has 1 aromatic heterocycles. The summed E-state index contributed by atoms with van der Waals surface area (Å²) in [4.78, 5) is 11.3. The number of nitrogens with one attached hydrogen (secondary N) is 1. The molecule has 1 heterocycles. The van der Waals surface area contributed by atoms with Crippen LogP contribution in [-0.4, -0.2) is 23.3 Å². The van der Waals surface area contributed by atoms with E-state index < -0.39 is 0 Å².